The highest BCUT2D eigenvalue weighted by atomic mass is 15.2. The van der Waals surface area contributed by atoms with Crippen molar-refractivity contribution < 1.29 is 0 Å². The lowest BCUT2D eigenvalue weighted by molar-refractivity contribution is 0.117. The zero-order chi connectivity index (χ0) is 12.8. The van der Waals surface area contributed by atoms with Gasteiger partial charge in [0.2, 0.25) is 0 Å². The number of likely N-dealkylation sites (N-methyl/N-ethyl adjacent to an activating group) is 2. The lowest BCUT2D eigenvalue weighted by atomic mass is 10.00. The molecule has 3 heteroatoms. The average Bonchev–Trinajstić information content (AvgIpc) is 2.28. The standard InChI is InChI=1S/C14H31N3/c1-6-15-14(12(2)3)11-17-9-7-8-13(10-17)16(4)5/h12-15H,6-11H2,1-5H3. The minimum atomic E-state index is 0.640. The molecule has 0 aromatic carbocycles. The Morgan fingerprint density at radius 1 is 1.35 bits per heavy atom. The van der Waals surface area contributed by atoms with Crippen molar-refractivity contribution in [2.75, 3.05) is 40.3 Å². The van der Waals surface area contributed by atoms with Gasteiger partial charge in [0.1, 0.15) is 0 Å². The SMILES string of the molecule is CCNC(CN1CCCC(N(C)C)C1)C(C)C. The second kappa shape index (κ2) is 7.34. The van der Waals surface area contributed by atoms with Crippen molar-refractivity contribution in [3.05, 3.63) is 0 Å². The van der Waals surface area contributed by atoms with Crippen LogP contribution in [-0.4, -0.2) is 62.2 Å². The highest BCUT2D eigenvalue weighted by molar-refractivity contribution is 4.82. The fourth-order valence-electron chi connectivity index (χ4n) is 2.67. The van der Waals surface area contributed by atoms with Crippen LogP contribution in [-0.2, 0) is 0 Å². The number of hydrogen-bond donors (Lipinski definition) is 1. The number of piperidine rings is 1. The summed E-state index contributed by atoms with van der Waals surface area (Å²) in [5.41, 5.74) is 0. The van der Waals surface area contributed by atoms with Crippen molar-refractivity contribution in [3.8, 4) is 0 Å². The Morgan fingerprint density at radius 3 is 2.59 bits per heavy atom. The van der Waals surface area contributed by atoms with Crippen LogP contribution in [0.15, 0.2) is 0 Å². The van der Waals surface area contributed by atoms with Crippen molar-refractivity contribution in [1.82, 2.24) is 15.1 Å². The van der Waals surface area contributed by atoms with E-state index in [9.17, 15) is 0 Å². The molecule has 1 N–H and O–H groups in total. The van der Waals surface area contributed by atoms with Crippen molar-refractivity contribution in [1.29, 1.82) is 0 Å². The number of rotatable bonds is 6. The third-order valence-corrected chi connectivity index (χ3v) is 3.94. The number of nitrogens with one attached hydrogen (secondary N) is 1. The van der Waals surface area contributed by atoms with E-state index >= 15 is 0 Å². The zero-order valence-corrected chi connectivity index (χ0v) is 12.4. The lowest BCUT2D eigenvalue weighted by Crippen LogP contribution is -2.51. The van der Waals surface area contributed by atoms with Crippen molar-refractivity contribution in [3.63, 3.8) is 0 Å². The molecular formula is C14H31N3. The van der Waals surface area contributed by atoms with Gasteiger partial charge in [-0.15, -0.1) is 0 Å². The molecule has 1 rings (SSSR count). The molecule has 0 bridgehead atoms. The zero-order valence-electron chi connectivity index (χ0n) is 12.4. The topological polar surface area (TPSA) is 18.5 Å². The van der Waals surface area contributed by atoms with E-state index in [1.165, 1.54) is 32.5 Å². The van der Waals surface area contributed by atoms with Gasteiger partial charge in [-0.2, -0.15) is 0 Å². The molecular weight excluding hydrogens is 210 g/mol. The summed E-state index contributed by atoms with van der Waals surface area (Å²) in [6.07, 6.45) is 2.71. The van der Waals surface area contributed by atoms with Gasteiger partial charge in [-0.1, -0.05) is 20.8 Å². The monoisotopic (exact) mass is 241 g/mol. The molecule has 17 heavy (non-hydrogen) atoms. The molecule has 0 aliphatic carbocycles. The second-order valence-corrected chi connectivity index (χ2v) is 5.93. The van der Waals surface area contributed by atoms with Gasteiger partial charge < -0.3 is 15.1 Å². The van der Waals surface area contributed by atoms with E-state index in [2.05, 4.69) is 50.0 Å². The minimum Gasteiger partial charge on any atom is -0.313 e. The van der Waals surface area contributed by atoms with Gasteiger partial charge >= 0.3 is 0 Å². The van der Waals surface area contributed by atoms with Gasteiger partial charge in [0.25, 0.3) is 0 Å². The van der Waals surface area contributed by atoms with E-state index in [0.717, 1.165) is 18.5 Å². The van der Waals surface area contributed by atoms with Crippen molar-refractivity contribution >= 4 is 0 Å². The Kier molecular flexibility index (Phi) is 6.45. The molecule has 1 saturated heterocycles. The summed E-state index contributed by atoms with van der Waals surface area (Å²) < 4.78 is 0. The fraction of sp³-hybridized carbons (Fsp3) is 1.00. The molecule has 1 heterocycles. The molecule has 0 amide bonds. The summed E-state index contributed by atoms with van der Waals surface area (Å²) in [5.74, 6) is 0.717. The van der Waals surface area contributed by atoms with E-state index in [1.807, 2.05) is 0 Å². The molecule has 2 unspecified atom stereocenters. The Morgan fingerprint density at radius 2 is 2.06 bits per heavy atom. The summed E-state index contributed by atoms with van der Waals surface area (Å²) in [6.45, 7) is 11.6. The maximum atomic E-state index is 3.62. The largest absolute Gasteiger partial charge is 0.313 e. The van der Waals surface area contributed by atoms with Crippen LogP contribution in [0.25, 0.3) is 0 Å². The van der Waals surface area contributed by atoms with E-state index < -0.39 is 0 Å². The van der Waals surface area contributed by atoms with Gasteiger partial charge in [0.15, 0.2) is 0 Å². The molecule has 1 fully saturated rings. The quantitative estimate of drug-likeness (QED) is 0.763. The molecule has 0 radical (unpaired) electrons. The first kappa shape index (κ1) is 14.9. The summed E-state index contributed by atoms with van der Waals surface area (Å²) in [7, 11) is 4.41. The fourth-order valence-corrected chi connectivity index (χ4v) is 2.67. The normalized spacial score (nSPS) is 24.5. The van der Waals surface area contributed by atoms with Crippen molar-refractivity contribution in [2.45, 2.75) is 45.7 Å². The van der Waals surface area contributed by atoms with Crippen molar-refractivity contribution in [2.24, 2.45) is 5.92 Å². The van der Waals surface area contributed by atoms with E-state index in [4.69, 9.17) is 0 Å². The smallest absolute Gasteiger partial charge is 0.0217 e. The molecule has 0 saturated carbocycles. The minimum absolute atomic E-state index is 0.640. The summed E-state index contributed by atoms with van der Waals surface area (Å²) in [5, 5.41) is 3.62. The van der Waals surface area contributed by atoms with Crippen LogP contribution in [0.5, 0.6) is 0 Å². The number of likely N-dealkylation sites (tertiary alicyclic amines) is 1. The predicted molar refractivity (Wildman–Crippen MR) is 75.5 cm³/mol. The number of hydrogen-bond acceptors (Lipinski definition) is 3. The summed E-state index contributed by atoms with van der Waals surface area (Å²) in [6, 6.07) is 1.39. The maximum absolute atomic E-state index is 3.62. The van der Waals surface area contributed by atoms with Gasteiger partial charge in [0.05, 0.1) is 0 Å². The van der Waals surface area contributed by atoms with E-state index in [1.54, 1.807) is 0 Å². The maximum Gasteiger partial charge on any atom is 0.0217 e. The van der Waals surface area contributed by atoms with Crippen LogP contribution in [0.4, 0.5) is 0 Å². The first-order chi connectivity index (χ1) is 8.04. The Balaban J connectivity index is 2.43. The third-order valence-electron chi connectivity index (χ3n) is 3.94. The molecule has 3 nitrogen and oxygen atoms in total. The first-order valence-corrected chi connectivity index (χ1v) is 7.16. The molecule has 0 aromatic rings. The van der Waals surface area contributed by atoms with Crippen LogP contribution >= 0.6 is 0 Å². The van der Waals surface area contributed by atoms with Gasteiger partial charge in [0, 0.05) is 25.2 Å². The molecule has 102 valence electrons. The lowest BCUT2D eigenvalue weighted by Gasteiger charge is -2.38. The van der Waals surface area contributed by atoms with Crippen LogP contribution in [0.2, 0.25) is 0 Å². The van der Waals surface area contributed by atoms with E-state index in [-0.39, 0.29) is 0 Å². The highest BCUT2D eigenvalue weighted by Crippen LogP contribution is 2.15. The summed E-state index contributed by atoms with van der Waals surface area (Å²) in [4.78, 5) is 5.02. The molecule has 0 spiro atoms. The predicted octanol–water partition coefficient (Wildman–Crippen LogP) is 1.65. The third kappa shape index (κ3) is 4.94. The number of nitrogens with zero attached hydrogens (tertiary/aromatic N) is 2. The Bertz CT molecular complexity index is 204. The van der Waals surface area contributed by atoms with E-state index in [0.29, 0.717) is 6.04 Å². The van der Waals surface area contributed by atoms with Crippen LogP contribution in [0.3, 0.4) is 0 Å². The molecule has 0 aromatic heterocycles. The highest BCUT2D eigenvalue weighted by Gasteiger charge is 2.24. The Labute approximate surface area is 108 Å². The van der Waals surface area contributed by atoms with Gasteiger partial charge in [-0.3, -0.25) is 0 Å². The van der Waals surface area contributed by atoms with Gasteiger partial charge in [-0.05, 0) is 45.9 Å². The second-order valence-electron chi connectivity index (χ2n) is 5.93. The van der Waals surface area contributed by atoms with Crippen LogP contribution < -0.4 is 5.32 Å². The molecule has 1 aliphatic heterocycles. The Hall–Kier alpha value is -0.120. The first-order valence-electron chi connectivity index (χ1n) is 7.16. The summed E-state index contributed by atoms with van der Waals surface area (Å²) >= 11 is 0. The van der Waals surface area contributed by atoms with Crippen LogP contribution in [0, 0.1) is 5.92 Å². The van der Waals surface area contributed by atoms with Gasteiger partial charge in [-0.25, -0.2) is 0 Å². The molecule has 1 aliphatic rings. The average molecular weight is 241 g/mol. The molecule has 2 atom stereocenters. The van der Waals surface area contributed by atoms with Crippen LogP contribution in [0.1, 0.15) is 33.6 Å².